The Morgan fingerprint density at radius 3 is 2.43 bits per heavy atom. The van der Waals surface area contributed by atoms with Gasteiger partial charge in [-0.05, 0) is 80.6 Å². The van der Waals surface area contributed by atoms with Gasteiger partial charge in [-0.1, -0.05) is 59.9 Å². The van der Waals surface area contributed by atoms with E-state index in [9.17, 15) is 19.5 Å². The van der Waals surface area contributed by atoms with E-state index in [4.69, 9.17) is 9.73 Å². The van der Waals surface area contributed by atoms with E-state index in [2.05, 4.69) is 0 Å². The van der Waals surface area contributed by atoms with Crippen molar-refractivity contribution in [1.29, 1.82) is 0 Å². The molecule has 3 aromatic carbocycles. The first kappa shape index (κ1) is 31.1. The Morgan fingerprint density at radius 1 is 1.02 bits per heavy atom. The summed E-state index contributed by atoms with van der Waals surface area (Å²) >= 11 is 2.88. The number of aromatic nitrogens is 2. The molecule has 46 heavy (non-hydrogen) atoms. The highest BCUT2D eigenvalue weighted by Crippen LogP contribution is 2.35. The zero-order valence-electron chi connectivity index (χ0n) is 25.7. The number of thiazole rings is 1. The van der Waals surface area contributed by atoms with E-state index < -0.39 is 18.0 Å². The van der Waals surface area contributed by atoms with Crippen LogP contribution >= 0.6 is 23.1 Å². The number of fused-ring (bicyclic) bond motifs is 1. The number of ether oxygens (including phenoxy) is 1. The Labute approximate surface area is 273 Å². The number of carboxylic acid groups (broad SMARTS) is 1. The minimum absolute atomic E-state index is 0.179. The summed E-state index contributed by atoms with van der Waals surface area (Å²) in [5.74, 6) is -1.52. The molecule has 3 heterocycles. The molecule has 0 unspecified atom stereocenters. The highest BCUT2D eigenvalue weighted by atomic mass is 32.2. The van der Waals surface area contributed by atoms with Crippen molar-refractivity contribution in [3.8, 4) is 5.69 Å². The fraction of sp³-hybridized carbons (Fsp3) is 0.167. The monoisotopic (exact) mass is 649 g/mol. The number of rotatable bonds is 8. The molecule has 1 aliphatic rings. The van der Waals surface area contributed by atoms with Crippen LogP contribution < -0.4 is 14.9 Å². The van der Waals surface area contributed by atoms with Crippen molar-refractivity contribution >= 4 is 46.8 Å². The van der Waals surface area contributed by atoms with Crippen molar-refractivity contribution in [1.82, 2.24) is 9.13 Å². The SMILES string of the molecule is CCOC(=O)C1=C(c2ccccc2)N=c2s/c(=C\c3cc(C)n(-c4cccc(C(=O)O)c4)c3C)c(=O)n2[C@@H]1c1ccc(SC)cc1. The Balaban J connectivity index is 1.58. The molecule has 0 saturated heterocycles. The number of benzene rings is 3. The number of carbonyl (C=O) groups is 2. The largest absolute Gasteiger partial charge is 0.478 e. The molecule has 1 N–H and O–H groups in total. The van der Waals surface area contributed by atoms with E-state index in [0.717, 1.165) is 38.7 Å². The van der Waals surface area contributed by atoms with Gasteiger partial charge in [0.05, 0.1) is 34.0 Å². The van der Waals surface area contributed by atoms with Gasteiger partial charge in [-0.15, -0.1) is 11.8 Å². The summed E-state index contributed by atoms with van der Waals surface area (Å²) in [6.45, 7) is 5.81. The number of hydrogen-bond acceptors (Lipinski definition) is 7. The number of aromatic carboxylic acids is 1. The molecule has 6 rings (SSSR count). The van der Waals surface area contributed by atoms with Gasteiger partial charge >= 0.3 is 11.9 Å². The molecule has 8 nitrogen and oxygen atoms in total. The third-order valence-electron chi connectivity index (χ3n) is 7.91. The average molecular weight is 650 g/mol. The van der Waals surface area contributed by atoms with Gasteiger partial charge in [0.15, 0.2) is 4.80 Å². The second-order valence-corrected chi connectivity index (χ2v) is 12.6. The Bertz CT molecular complexity index is 2190. The number of aryl methyl sites for hydroxylation is 1. The van der Waals surface area contributed by atoms with Crippen LogP contribution in [-0.2, 0) is 9.53 Å². The number of esters is 1. The van der Waals surface area contributed by atoms with Crippen molar-refractivity contribution in [2.45, 2.75) is 31.7 Å². The topological polar surface area (TPSA) is 103 Å². The molecule has 0 fully saturated rings. The number of nitrogens with zero attached hydrogens (tertiary/aromatic N) is 3. The van der Waals surface area contributed by atoms with Crippen molar-refractivity contribution < 1.29 is 19.4 Å². The van der Waals surface area contributed by atoms with Gasteiger partial charge in [-0.25, -0.2) is 14.6 Å². The van der Waals surface area contributed by atoms with Crippen LogP contribution in [0.1, 0.15) is 51.4 Å². The number of thioether (sulfide) groups is 1. The maximum absolute atomic E-state index is 14.3. The number of hydrogen-bond donors (Lipinski definition) is 1. The van der Waals surface area contributed by atoms with Crippen LogP contribution in [-0.4, -0.2) is 39.0 Å². The number of carboxylic acids is 1. The van der Waals surface area contributed by atoms with E-state index in [-0.39, 0.29) is 17.7 Å². The maximum Gasteiger partial charge on any atom is 0.338 e. The Morgan fingerprint density at radius 2 is 1.76 bits per heavy atom. The van der Waals surface area contributed by atoms with Gasteiger partial charge in [-0.2, -0.15) is 0 Å². The van der Waals surface area contributed by atoms with Gasteiger partial charge in [0.25, 0.3) is 5.56 Å². The van der Waals surface area contributed by atoms with E-state index in [1.165, 1.54) is 11.3 Å². The molecule has 232 valence electrons. The van der Waals surface area contributed by atoms with Crippen LogP contribution in [0.3, 0.4) is 0 Å². The molecular formula is C36H31N3O5S2. The van der Waals surface area contributed by atoms with Crippen LogP contribution in [0, 0.1) is 13.8 Å². The fourth-order valence-corrected chi connectivity index (χ4v) is 7.19. The fourth-order valence-electron chi connectivity index (χ4n) is 5.79. The maximum atomic E-state index is 14.3. The van der Waals surface area contributed by atoms with Crippen LogP contribution in [0.15, 0.2) is 105 Å². The third-order valence-corrected chi connectivity index (χ3v) is 9.64. The summed E-state index contributed by atoms with van der Waals surface area (Å²) in [6.07, 6.45) is 3.84. The summed E-state index contributed by atoms with van der Waals surface area (Å²) < 4.78 is 9.59. The minimum Gasteiger partial charge on any atom is -0.478 e. The second kappa shape index (κ2) is 12.8. The molecule has 0 amide bonds. The highest BCUT2D eigenvalue weighted by Gasteiger charge is 2.35. The second-order valence-electron chi connectivity index (χ2n) is 10.7. The molecule has 1 aliphatic heterocycles. The third kappa shape index (κ3) is 5.65. The Kier molecular flexibility index (Phi) is 8.66. The molecular weight excluding hydrogens is 619 g/mol. The summed E-state index contributed by atoms with van der Waals surface area (Å²) in [7, 11) is 0. The lowest BCUT2D eigenvalue weighted by Gasteiger charge is -2.26. The van der Waals surface area contributed by atoms with E-state index in [0.29, 0.717) is 20.6 Å². The van der Waals surface area contributed by atoms with E-state index >= 15 is 0 Å². The summed E-state index contributed by atoms with van der Waals surface area (Å²) in [5.41, 5.74) is 5.51. The molecule has 0 spiro atoms. The lowest BCUT2D eigenvalue weighted by Crippen LogP contribution is -2.40. The van der Waals surface area contributed by atoms with Gasteiger partial charge in [-0.3, -0.25) is 9.36 Å². The molecule has 2 aromatic heterocycles. The van der Waals surface area contributed by atoms with Crippen LogP contribution in [0.5, 0.6) is 0 Å². The molecule has 1 atom stereocenters. The zero-order valence-corrected chi connectivity index (χ0v) is 27.3. The first-order chi connectivity index (χ1) is 22.2. The molecule has 0 aliphatic carbocycles. The number of carbonyl (C=O) groups excluding carboxylic acids is 1. The molecule has 0 radical (unpaired) electrons. The van der Waals surface area contributed by atoms with Crippen molar-refractivity contribution in [2.75, 3.05) is 12.9 Å². The first-order valence-electron chi connectivity index (χ1n) is 14.7. The van der Waals surface area contributed by atoms with Gasteiger partial charge in [0.1, 0.15) is 0 Å². The first-order valence-corrected chi connectivity index (χ1v) is 16.7. The Hall–Kier alpha value is -4.93. The standard InChI is InChI=1S/C36H31N3O5S2/c1-5-44-35(43)30-31(23-10-7-6-8-11-23)37-36-39(32(30)24-14-16-28(45-4)17-15-24)33(40)29(46-36)20-26-18-21(2)38(22(26)3)27-13-9-12-25(19-27)34(41)42/h6-20,32H,5H2,1-4H3,(H,41,42)/b29-20-/t32-/m1/s1. The average Bonchev–Trinajstić information content (AvgIpc) is 3.53. The molecule has 0 saturated carbocycles. The van der Waals surface area contributed by atoms with Gasteiger partial charge in [0, 0.05) is 27.5 Å². The summed E-state index contributed by atoms with van der Waals surface area (Å²) in [5, 5.41) is 9.52. The van der Waals surface area contributed by atoms with Crippen molar-refractivity contribution in [3.63, 3.8) is 0 Å². The summed E-state index contributed by atoms with van der Waals surface area (Å²) in [6, 6.07) is 25.3. The van der Waals surface area contributed by atoms with Gasteiger partial charge < -0.3 is 14.4 Å². The van der Waals surface area contributed by atoms with Crippen molar-refractivity contribution in [3.05, 3.63) is 144 Å². The predicted octanol–water partition coefficient (Wildman–Crippen LogP) is 5.76. The molecule has 5 aromatic rings. The van der Waals surface area contributed by atoms with E-state index in [1.807, 2.05) is 97.5 Å². The molecule has 10 heteroatoms. The lowest BCUT2D eigenvalue weighted by atomic mass is 9.93. The quantitative estimate of drug-likeness (QED) is 0.169. The lowest BCUT2D eigenvalue weighted by molar-refractivity contribution is -0.138. The highest BCUT2D eigenvalue weighted by molar-refractivity contribution is 7.98. The predicted molar refractivity (Wildman–Crippen MR) is 181 cm³/mol. The van der Waals surface area contributed by atoms with Crippen LogP contribution in [0.25, 0.3) is 17.5 Å². The summed E-state index contributed by atoms with van der Waals surface area (Å²) in [4.78, 5) is 46.1. The van der Waals surface area contributed by atoms with E-state index in [1.54, 1.807) is 41.5 Å². The van der Waals surface area contributed by atoms with Gasteiger partial charge in [0.2, 0.25) is 0 Å². The normalized spacial score (nSPS) is 14.6. The molecule has 0 bridgehead atoms. The van der Waals surface area contributed by atoms with Crippen molar-refractivity contribution in [2.24, 2.45) is 4.99 Å². The van der Waals surface area contributed by atoms with Crippen LogP contribution in [0.4, 0.5) is 0 Å². The zero-order chi connectivity index (χ0) is 32.5. The minimum atomic E-state index is -1.000. The van der Waals surface area contributed by atoms with Crippen LogP contribution in [0.2, 0.25) is 0 Å². The smallest absolute Gasteiger partial charge is 0.338 e.